The van der Waals surface area contributed by atoms with Crippen molar-refractivity contribution in [2.75, 3.05) is 0 Å². The van der Waals surface area contributed by atoms with Gasteiger partial charge in [-0.05, 0) is 22.9 Å². The van der Waals surface area contributed by atoms with E-state index in [2.05, 4.69) is 0 Å². The molecular weight excluding hydrogens is 324 g/mol. The van der Waals surface area contributed by atoms with Crippen LogP contribution in [0.1, 0.15) is 34.4 Å². The summed E-state index contributed by atoms with van der Waals surface area (Å²) in [5.74, 6) is -0.671. The van der Waals surface area contributed by atoms with Crippen LogP contribution >= 0.6 is 22.7 Å². The zero-order valence-corrected chi connectivity index (χ0v) is 13.0. The van der Waals surface area contributed by atoms with Crippen molar-refractivity contribution in [3.8, 4) is 0 Å². The van der Waals surface area contributed by atoms with Gasteiger partial charge in [-0.15, -0.1) is 22.7 Å². The van der Waals surface area contributed by atoms with E-state index in [-0.39, 0.29) is 34.5 Å². The number of nitro groups is 2. The number of hydrogen-bond donors (Lipinski definition) is 0. The maximum atomic E-state index is 11.8. The zero-order valence-electron chi connectivity index (χ0n) is 11.4. The molecule has 2 heterocycles. The SMILES string of the molecule is O=[N+]([O-])[C@@]1([C@]2([N+](=O)[O-])C[C@H]2c2cccs2)C[C@H]1c1cccs1. The van der Waals surface area contributed by atoms with Crippen molar-refractivity contribution in [1.29, 1.82) is 0 Å². The van der Waals surface area contributed by atoms with Crippen molar-refractivity contribution < 1.29 is 9.85 Å². The summed E-state index contributed by atoms with van der Waals surface area (Å²) in [5, 5.41) is 27.3. The highest BCUT2D eigenvalue weighted by molar-refractivity contribution is 7.10. The first-order chi connectivity index (χ1) is 10.5. The van der Waals surface area contributed by atoms with Crippen molar-refractivity contribution in [2.45, 2.75) is 35.8 Å². The van der Waals surface area contributed by atoms with Crippen LogP contribution in [0.3, 0.4) is 0 Å². The summed E-state index contributed by atoms with van der Waals surface area (Å²) in [6.07, 6.45) is 0.534. The first-order valence-corrected chi connectivity index (χ1v) is 8.66. The summed E-state index contributed by atoms with van der Waals surface area (Å²) in [4.78, 5) is 24.6. The molecule has 0 bridgehead atoms. The van der Waals surface area contributed by atoms with Crippen molar-refractivity contribution in [1.82, 2.24) is 0 Å². The number of rotatable bonds is 5. The van der Waals surface area contributed by atoms with Crippen LogP contribution in [0.4, 0.5) is 0 Å². The van der Waals surface area contributed by atoms with Crippen LogP contribution in [0, 0.1) is 20.2 Å². The lowest BCUT2D eigenvalue weighted by molar-refractivity contribution is -0.644. The van der Waals surface area contributed by atoms with Crippen LogP contribution in [0.5, 0.6) is 0 Å². The summed E-state index contributed by atoms with van der Waals surface area (Å²) in [7, 11) is 0. The highest BCUT2D eigenvalue weighted by atomic mass is 32.1. The van der Waals surface area contributed by atoms with Crippen molar-refractivity contribution >= 4 is 22.7 Å². The molecule has 0 amide bonds. The van der Waals surface area contributed by atoms with E-state index in [0.29, 0.717) is 0 Å². The summed E-state index contributed by atoms with van der Waals surface area (Å²) in [5.41, 5.74) is -2.90. The van der Waals surface area contributed by atoms with E-state index in [9.17, 15) is 20.2 Å². The maximum absolute atomic E-state index is 11.8. The predicted molar refractivity (Wildman–Crippen MR) is 82.8 cm³/mol. The quantitative estimate of drug-likeness (QED) is 0.617. The van der Waals surface area contributed by atoms with Gasteiger partial charge < -0.3 is 0 Å². The third-order valence-corrected chi connectivity index (χ3v) is 7.01. The normalized spacial score (nSPS) is 36.0. The molecule has 0 aliphatic heterocycles. The minimum Gasteiger partial charge on any atom is -0.264 e. The second-order valence-corrected chi connectivity index (χ2v) is 7.87. The molecule has 0 N–H and O–H groups in total. The molecule has 22 heavy (non-hydrogen) atoms. The van der Waals surface area contributed by atoms with Gasteiger partial charge in [0.05, 0.1) is 11.8 Å². The Kier molecular flexibility index (Phi) is 2.74. The van der Waals surface area contributed by atoms with E-state index in [1.165, 1.54) is 22.7 Å². The van der Waals surface area contributed by atoms with Crippen LogP contribution in [-0.2, 0) is 0 Å². The molecule has 0 aromatic carbocycles. The molecule has 2 saturated carbocycles. The van der Waals surface area contributed by atoms with Crippen LogP contribution in [0.2, 0.25) is 0 Å². The smallest absolute Gasteiger partial charge is 0.264 e. The maximum Gasteiger partial charge on any atom is 0.299 e. The van der Waals surface area contributed by atoms with Gasteiger partial charge in [0.1, 0.15) is 0 Å². The standard InChI is InChI=1S/C14H12N2O4S2/c17-15(18)13(7-9(13)11-3-1-5-21-11)14(16(19)20)8-10(14)12-4-2-6-22-12/h1-6,9-10H,7-8H2/t9-,10-,13-,14-/m0/s1. The summed E-state index contributed by atoms with van der Waals surface area (Å²) in [6.45, 7) is 0. The predicted octanol–water partition coefficient (Wildman–Crippen LogP) is 3.52. The lowest BCUT2D eigenvalue weighted by Gasteiger charge is -2.15. The summed E-state index contributed by atoms with van der Waals surface area (Å²) >= 11 is 2.89. The second kappa shape index (κ2) is 4.36. The van der Waals surface area contributed by atoms with Gasteiger partial charge >= 0.3 is 0 Å². The molecule has 2 aliphatic carbocycles. The monoisotopic (exact) mass is 336 g/mol. The van der Waals surface area contributed by atoms with E-state index in [1.54, 1.807) is 0 Å². The van der Waals surface area contributed by atoms with Gasteiger partial charge in [-0.2, -0.15) is 0 Å². The van der Waals surface area contributed by atoms with Gasteiger partial charge in [0.25, 0.3) is 11.1 Å². The van der Waals surface area contributed by atoms with Crippen LogP contribution in [0.15, 0.2) is 35.0 Å². The Morgan fingerprint density at radius 3 is 1.59 bits per heavy atom. The van der Waals surface area contributed by atoms with Crippen LogP contribution in [-0.4, -0.2) is 20.9 Å². The molecule has 2 aliphatic rings. The number of nitrogens with zero attached hydrogens (tertiary/aromatic N) is 2. The van der Waals surface area contributed by atoms with E-state index < -0.39 is 11.1 Å². The Morgan fingerprint density at radius 2 is 1.32 bits per heavy atom. The first kappa shape index (κ1) is 13.8. The highest BCUT2D eigenvalue weighted by Gasteiger charge is 2.93. The van der Waals surface area contributed by atoms with E-state index in [0.717, 1.165) is 9.75 Å². The molecule has 0 unspecified atom stereocenters. The first-order valence-electron chi connectivity index (χ1n) is 6.90. The molecule has 0 saturated heterocycles. The lowest BCUT2D eigenvalue weighted by Crippen LogP contribution is -2.46. The van der Waals surface area contributed by atoms with Gasteiger partial charge in [-0.3, -0.25) is 20.2 Å². The minimum atomic E-state index is -1.45. The molecule has 2 aromatic heterocycles. The average molecular weight is 336 g/mol. The number of thiophene rings is 2. The van der Waals surface area contributed by atoms with Gasteiger partial charge in [-0.25, -0.2) is 0 Å². The molecule has 2 aromatic rings. The Labute approximate surface area is 133 Å². The molecule has 6 nitrogen and oxygen atoms in total. The fraction of sp³-hybridized carbons (Fsp3) is 0.429. The molecule has 4 atom stereocenters. The minimum absolute atomic E-state index is 0.267. The van der Waals surface area contributed by atoms with E-state index in [1.807, 2.05) is 35.0 Å². The fourth-order valence-electron chi connectivity index (χ4n) is 3.83. The largest absolute Gasteiger partial charge is 0.299 e. The Bertz CT molecular complexity index is 681. The topological polar surface area (TPSA) is 86.3 Å². The molecule has 0 radical (unpaired) electrons. The third-order valence-electron chi connectivity index (χ3n) is 5.04. The van der Waals surface area contributed by atoms with Crippen molar-refractivity contribution in [3.63, 3.8) is 0 Å². The van der Waals surface area contributed by atoms with Gasteiger partial charge in [0.2, 0.25) is 0 Å². The van der Waals surface area contributed by atoms with Gasteiger partial charge in [0, 0.05) is 32.4 Å². The second-order valence-electron chi connectivity index (χ2n) is 5.91. The van der Waals surface area contributed by atoms with Crippen molar-refractivity contribution in [3.05, 3.63) is 65.0 Å². The van der Waals surface area contributed by atoms with E-state index in [4.69, 9.17) is 0 Å². The third kappa shape index (κ3) is 1.54. The van der Waals surface area contributed by atoms with Gasteiger partial charge in [-0.1, -0.05) is 12.1 Å². The zero-order chi connectivity index (χ0) is 15.5. The molecule has 114 valence electrons. The molecule has 0 spiro atoms. The Morgan fingerprint density at radius 1 is 0.909 bits per heavy atom. The molecule has 4 rings (SSSR count). The number of hydrogen-bond acceptors (Lipinski definition) is 6. The van der Waals surface area contributed by atoms with Crippen LogP contribution < -0.4 is 0 Å². The summed E-state index contributed by atoms with van der Waals surface area (Å²) in [6, 6.07) is 7.37. The molecular formula is C14H12N2O4S2. The molecule has 2 fully saturated rings. The lowest BCUT2D eigenvalue weighted by atomic mass is 9.98. The fourth-order valence-corrected chi connectivity index (χ4v) is 5.66. The Balaban J connectivity index is 1.77. The van der Waals surface area contributed by atoms with Gasteiger partial charge in [0.15, 0.2) is 0 Å². The van der Waals surface area contributed by atoms with Crippen LogP contribution in [0.25, 0.3) is 0 Å². The van der Waals surface area contributed by atoms with E-state index >= 15 is 0 Å². The van der Waals surface area contributed by atoms with Crippen molar-refractivity contribution in [2.24, 2.45) is 0 Å². The Hall–Kier alpha value is -1.80. The highest BCUT2D eigenvalue weighted by Crippen LogP contribution is 2.73. The molecule has 8 heteroatoms. The average Bonchev–Trinajstić information content (AvgIpc) is 3.24. The summed E-state index contributed by atoms with van der Waals surface area (Å²) < 4.78 is 0.